The Labute approximate surface area is 95.3 Å². The van der Waals surface area contributed by atoms with Crippen molar-refractivity contribution < 1.29 is 5.11 Å². The topological polar surface area (TPSA) is 32.3 Å². The molecule has 1 aliphatic heterocycles. The summed E-state index contributed by atoms with van der Waals surface area (Å²) >= 11 is 5.95. The fourth-order valence-corrected chi connectivity index (χ4v) is 2.63. The minimum atomic E-state index is -0.126. The number of hydrogen-bond acceptors (Lipinski definition) is 2. The van der Waals surface area contributed by atoms with Crippen molar-refractivity contribution in [3.63, 3.8) is 0 Å². The van der Waals surface area contributed by atoms with Gasteiger partial charge < -0.3 is 10.4 Å². The van der Waals surface area contributed by atoms with E-state index >= 15 is 0 Å². The van der Waals surface area contributed by atoms with Gasteiger partial charge in [0.1, 0.15) is 5.75 Å². The molecule has 82 valence electrons. The molecule has 0 amide bonds. The van der Waals surface area contributed by atoms with Gasteiger partial charge in [-0.2, -0.15) is 0 Å². The maximum atomic E-state index is 10.0. The molecule has 1 fully saturated rings. The Morgan fingerprint density at radius 1 is 1.47 bits per heavy atom. The molecule has 1 heterocycles. The average molecular weight is 226 g/mol. The van der Waals surface area contributed by atoms with Crippen LogP contribution in [-0.4, -0.2) is 11.7 Å². The first kappa shape index (κ1) is 10.8. The molecule has 1 atom stereocenters. The number of halogens is 1. The molecule has 1 saturated heterocycles. The van der Waals surface area contributed by atoms with Gasteiger partial charge in [-0.3, -0.25) is 0 Å². The second kappa shape index (κ2) is 3.69. The van der Waals surface area contributed by atoms with Crippen molar-refractivity contribution in [1.29, 1.82) is 0 Å². The van der Waals surface area contributed by atoms with Crippen LogP contribution in [0, 0.1) is 6.92 Å². The SMILES string of the molecule is Cc1ccc(Cl)c(O)c1C1(C)CCCN1. The molecule has 15 heavy (non-hydrogen) atoms. The van der Waals surface area contributed by atoms with E-state index in [0.29, 0.717) is 5.02 Å². The fourth-order valence-electron chi connectivity index (χ4n) is 2.47. The molecule has 1 aliphatic rings. The minimum absolute atomic E-state index is 0.126. The first-order valence-electron chi connectivity index (χ1n) is 5.28. The molecule has 0 aromatic heterocycles. The van der Waals surface area contributed by atoms with Crippen LogP contribution in [0.15, 0.2) is 12.1 Å². The largest absolute Gasteiger partial charge is 0.506 e. The molecule has 1 aromatic rings. The standard InChI is InChI=1S/C12H16ClNO/c1-8-4-5-9(13)11(15)10(8)12(2)6-3-7-14-12/h4-5,14-15H,3,6-7H2,1-2H3. The predicted molar refractivity (Wildman–Crippen MR) is 62.4 cm³/mol. The van der Waals surface area contributed by atoms with Gasteiger partial charge in [0.05, 0.1) is 5.02 Å². The van der Waals surface area contributed by atoms with Crippen LogP contribution in [0.3, 0.4) is 0 Å². The van der Waals surface area contributed by atoms with Crippen molar-refractivity contribution in [2.75, 3.05) is 6.54 Å². The summed E-state index contributed by atoms with van der Waals surface area (Å²) in [5.41, 5.74) is 1.92. The van der Waals surface area contributed by atoms with Gasteiger partial charge in [0.15, 0.2) is 0 Å². The molecule has 0 spiro atoms. The molecule has 1 aromatic carbocycles. The molecule has 2 nitrogen and oxygen atoms in total. The number of benzene rings is 1. The summed E-state index contributed by atoms with van der Waals surface area (Å²) in [6.07, 6.45) is 2.18. The lowest BCUT2D eigenvalue weighted by Crippen LogP contribution is -2.34. The van der Waals surface area contributed by atoms with Gasteiger partial charge in [-0.25, -0.2) is 0 Å². The molecular weight excluding hydrogens is 210 g/mol. The average Bonchev–Trinajstić information content (AvgIpc) is 2.60. The first-order valence-corrected chi connectivity index (χ1v) is 5.66. The van der Waals surface area contributed by atoms with E-state index in [0.717, 1.165) is 30.5 Å². The highest BCUT2D eigenvalue weighted by Gasteiger charge is 2.34. The van der Waals surface area contributed by atoms with Crippen molar-refractivity contribution in [3.8, 4) is 5.75 Å². The lowest BCUT2D eigenvalue weighted by molar-refractivity contribution is 0.392. The van der Waals surface area contributed by atoms with Crippen LogP contribution in [0.5, 0.6) is 5.75 Å². The van der Waals surface area contributed by atoms with E-state index in [-0.39, 0.29) is 11.3 Å². The third kappa shape index (κ3) is 1.72. The summed E-state index contributed by atoms with van der Waals surface area (Å²) < 4.78 is 0. The predicted octanol–water partition coefficient (Wildman–Crippen LogP) is 2.95. The lowest BCUT2D eigenvalue weighted by Gasteiger charge is -2.28. The van der Waals surface area contributed by atoms with Gasteiger partial charge >= 0.3 is 0 Å². The molecule has 1 unspecified atom stereocenters. The molecule has 0 saturated carbocycles. The van der Waals surface area contributed by atoms with Crippen LogP contribution in [-0.2, 0) is 5.54 Å². The molecule has 2 rings (SSSR count). The van der Waals surface area contributed by atoms with Crippen LogP contribution in [0.2, 0.25) is 5.02 Å². The second-order valence-corrected chi connectivity index (χ2v) is 4.86. The minimum Gasteiger partial charge on any atom is -0.506 e. The summed E-state index contributed by atoms with van der Waals surface area (Å²) in [7, 11) is 0. The Morgan fingerprint density at radius 3 is 2.80 bits per heavy atom. The Balaban J connectivity index is 2.55. The Bertz CT molecular complexity index is 383. The molecule has 0 aliphatic carbocycles. The van der Waals surface area contributed by atoms with Crippen LogP contribution >= 0.6 is 11.6 Å². The lowest BCUT2D eigenvalue weighted by atomic mass is 9.86. The van der Waals surface area contributed by atoms with Gasteiger partial charge in [-0.05, 0) is 44.9 Å². The highest BCUT2D eigenvalue weighted by molar-refractivity contribution is 6.32. The zero-order valence-corrected chi connectivity index (χ0v) is 9.86. The maximum absolute atomic E-state index is 10.0. The summed E-state index contributed by atoms with van der Waals surface area (Å²) in [4.78, 5) is 0. The van der Waals surface area contributed by atoms with Crippen LogP contribution in [0.25, 0.3) is 0 Å². The van der Waals surface area contributed by atoms with Crippen molar-refractivity contribution in [2.24, 2.45) is 0 Å². The van der Waals surface area contributed by atoms with Gasteiger partial charge in [-0.1, -0.05) is 17.7 Å². The number of phenolic OH excluding ortho intramolecular Hbond substituents is 1. The molecule has 0 radical (unpaired) electrons. The smallest absolute Gasteiger partial charge is 0.139 e. The number of hydrogen-bond donors (Lipinski definition) is 2. The number of rotatable bonds is 1. The van der Waals surface area contributed by atoms with E-state index in [2.05, 4.69) is 12.2 Å². The van der Waals surface area contributed by atoms with E-state index in [1.54, 1.807) is 6.07 Å². The number of nitrogens with one attached hydrogen (secondary N) is 1. The zero-order chi connectivity index (χ0) is 11.1. The van der Waals surface area contributed by atoms with Gasteiger partial charge in [0, 0.05) is 11.1 Å². The molecular formula is C12H16ClNO. The van der Waals surface area contributed by atoms with Crippen LogP contribution in [0.4, 0.5) is 0 Å². The normalized spacial score (nSPS) is 25.8. The summed E-state index contributed by atoms with van der Waals surface area (Å²) in [5.74, 6) is 0.230. The quantitative estimate of drug-likeness (QED) is 0.770. The van der Waals surface area contributed by atoms with E-state index < -0.39 is 0 Å². The molecule has 0 bridgehead atoms. The van der Waals surface area contributed by atoms with Gasteiger partial charge in [-0.15, -0.1) is 0 Å². The summed E-state index contributed by atoms with van der Waals surface area (Å²) in [6, 6.07) is 3.71. The van der Waals surface area contributed by atoms with Crippen LogP contribution < -0.4 is 5.32 Å². The van der Waals surface area contributed by atoms with E-state index in [1.165, 1.54) is 0 Å². The summed E-state index contributed by atoms with van der Waals surface area (Å²) in [6.45, 7) is 5.14. The first-order chi connectivity index (χ1) is 7.04. The van der Waals surface area contributed by atoms with Crippen LogP contribution in [0.1, 0.15) is 30.9 Å². The van der Waals surface area contributed by atoms with Crippen molar-refractivity contribution in [2.45, 2.75) is 32.2 Å². The fraction of sp³-hybridized carbons (Fsp3) is 0.500. The third-order valence-corrected chi connectivity index (χ3v) is 3.56. The molecule has 3 heteroatoms. The third-order valence-electron chi connectivity index (χ3n) is 3.26. The Morgan fingerprint density at radius 2 is 2.20 bits per heavy atom. The highest BCUT2D eigenvalue weighted by atomic mass is 35.5. The van der Waals surface area contributed by atoms with Crippen molar-refractivity contribution >= 4 is 11.6 Å². The number of aryl methyl sites for hydroxylation is 1. The molecule has 2 N–H and O–H groups in total. The number of phenols is 1. The Kier molecular flexibility index (Phi) is 2.65. The highest BCUT2D eigenvalue weighted by Crippen LogP contribution is 2.41. The van der Waals surface area contributed by atoms with E-state index in [1.807, 2.05) is 13.0 Å². The monoisotopic (exact) mass is 225 g/mol. The van der Waals surface area contributed by atoms with Gasteiger partial charge in [0.25, 0.3) is 0 Å². The Hall–Kier alpha value is -0.730. The second-order valence-electron chi connectivity index (χ2n) is 4.45. The summed E-state index contributed by atoms with van der Waals surface area (Å²) in [5, 5.41) is 13.9. The van der Waals surface area contributed by atoms with E-state index in [4.69, 9.17) is 11.6 Å². The number of aromatic hydroxyl groups is 1. The van der Waals surface area contributed by atoms with Gasteiger partial charge in [0.2, 0.25) is 0 Å². The van der Waals surface area contributed by atoms with Crippen molar-refractivity contribution in [1.82, 2.24) is 5.32 Å². The maximum Gasteiger partial charge on any atom is 0.139 e. The van der Waals surface area contributed by atoms with E-state index in [9.17, 15) is 5.11 Å². The zero-order valence-electron chi connectivity index (χ0n) is 9.10. The van der Waals surface area contributed by atoms with Crippen molar-refractivity contribution in [3.05, 3.63) is 28.3 Å².